The molecule has 0 bridgehead atoms. The van der Waals surface area contributed by atoms with Gasteiger partial charge in [-0.3, -0.25) is 0 Å². The van der Waals surface area contributed by atoms with Crippen LogP contribution < -0.4 is 5.46 Å². The third-order valence-corrected chi connectivity index (χ3v) is 16.4. The summed E-state index contributed by atoms with van der Waals surface area (Å²) in [7, 11) is -1.48. The van der Waals surface area contributed by atoms with E-state index in [0.717, 1.165) is 38.1 Å². The van der Waals surface area contributed by atoms with Crippen LogP contribution in [0.4, 0.5) is 0 Å². The monoisotopic (exact) mass is 1090 g/mol. The van der Waals surface area contributed by atoms with E-state index in [2.05, 4.69) is 289 Å². The lowest BCUT2D eigenvalue weighted by atomic mass is 9.80. The molecule has 12 aromatic carbocycles. The van der Waals surface area contributed by atoms with E-state index in [9.17, 15) is 10.0 Å². The van der Waals surface area contributed by atoms with Crippen LogP contribution in [0.25, 0.3) is 132 Å². The van der Waals surface area contributed by atoms with Gasteiger partial charge in [0.1, 0.15) is 0 Å². The zero-order valence-electron chi connectivity index (χ0n) is 43.2. The highest BCUT2D eigenvalue weighted by atomic mass is 79.9. The molecule has 4 heterocycles. The fraction of sp³-hybridized carbons (Fsp3) is 0. The molecule has 0 atom stereocenters. The van der Waals surface area contributed by atoms with Crippen molar-refractivity contribution >= 4 is 116 Å². The summed E-state index contributed by atoms with van der Waals surface area (Å²) in [5.74, 6) is 0. The molecule has 0 aliphatic carbocycles. The molecular formula is C72H48BBrN4O2. The Morgan fingerprint density at radius 3 is 0.787 bits per heavy atom. The SMILES string of the molecule is Brc1ccc(-n2c3ccccc3c3cc(-c4ccc5c(c4)c4ccccc4n5-c4ccccc4)ccc32)cc1.OB(O)c1ccc(-n2c3ccccc3c3cc(-c4ccc5c(c4)c4ccccc4n5-c4ccccc4)ccc32)cc1. The smallest absolute Gasteiger partial charge is 0.423 e. The van der Waals surface area contributed by atoms with E-state index in [0.29, 0.717) is 5.46 Å². The second kappa shape index (κ2) is 19.3. The first-order valence-corrected chi connectivity index (χ1v) is 27.7. The zero-order chi connectivity index (χ0) is 53.4. The van der Waals surface area contributed by atoms with E-state index in [1.54, 1.807) is 12.1 Å². The van der Waals surface area contributed by atoms with E-state index in [-0.39, 0.29) is 0 Å². The van der Waals surface area contributed by atoms with Crippen molar-refractivity contribution in [1.29, 1.82) is 0 Å². The van der Waals surface area contributed by atoms with Gasteiger partial charge in [-0.05, 0) is 161 Å². The minimum Gasteiger partial charge on any atom is -0.423 e. The summed E-state index contributed by atoms with van der Waals surface area (Å²) in [5.41, 5.74) is 19.2. The molecule has 80 heavy (non-hydrogen) atoms. The molecule has 4 aromatic heterocycles. The fourth-order valence-corrected chi connectivity index (χ4v) is 12.5. The van der Waals surface area contributed by atoms with Crippen LogP contribution in [0.1, 0.15) is 0 Å². The summed E-state index contributed by atoms with van der Waals surface area (Å²) < 4.78 is 10.4. The average Bonchev–Trinajstić information content (AvgIpc) is 4.36. The first-order valence-electron chi connectivity index (χ1n) is 26.9. The normalized spacial score (nSPS) is 11.7. The molecule has 0 aliphatic heterocycles. The minimum absolute atomic E-state index is 0.473. The van der Waals surface area contributed by atoms with E-state index < -0.39 is 7.12 Å². The Balaban J connectivity index is 0.000000138. The Labute approximate surface area is 469 Å². The van der Waals surface area contributed by atoms with Crippen molar-refractivity contribution in [2.45, 2.75) is 0 Å². The van der Waals surface area contributed by atoms with E-state index in [4.69, 9.17) is 0 Å². The lowest BCUT2D eigenvalue weighted by molar-refractivity contribution is 0.426. The summed E-state index contributed by atoms with van der Waals surface area (Å²) >= 11 is 3.58. The van der Waals surface area contributed by atoms with Crippen LogP contribution in [-0.2, 0) is 0 Å². The number of rotatable bonds is 7. The maximum atomic E-state index is 9.56. The second-order valence-corrected chi connectivity index (χ2v) is 21.4. The number of benzene rings is 12. The number of para-hydroxylation sites is 6. The Hall–Kier alpha value is -9.70. The Bertz CT molecular complexity index is 5040. The number of nitrogens with zero attached hydrogens (tertiary/aromatic N) is 4. The van der Waals surface area contributed by atoms with Crippen molar-refractivity contribution in [3.63, 3.8) is 0 Å². The maximum absolute atomic E-state index is 9.56. The number of aromatic nitrogens is 4. The summed E-state index contributed by atoms with van der Waals surface area (Å²) in [6.07, 6.45) is 0. The predicted molar refractivity (Wildman–Crippen MR) is 339 cm³/mol. The largest absolute Gasteiger partial charge is 0.488 e. The highest BCUT2D eigenvalue weighted by molar-refractivity contribution is 9.10. The third-order valence-electron chi connectivity index (χ3n) is 15.9. The zero-order valence-corrected chi connectivity index (χ0v) is 44.8. The lowest BCUT2D eigenvalue weighted by Gasteiger charge is -2.10. The summed E-state index contributed by atoms with van der Waals surface area (Å²) in [6, 6.07) is 98.7. The highest BCUT2D eigenvalue weighted by Gasteiger charge is 2.19. The van der Waals surface area contributed by atoms with Gasteiger partial charge in [0, 0.05) is 70.3 Å². The molecule has 6 nitrogen and oxygen atoms in total. The number of hydrogen-bond donors (Lipinski definition) is 2. The number of fused-ring (bicyclic) bond motifs is 12. The van der Waals surface area contributed by atoms with Crippen molar-refractivity contribution in [2.24, 2.45) is 0 Å². The summed E-state index contributed by atoms with van der Waals surface area (Å²) in [4.78, 5) is 0. The van der Waals surface area contributed by atoms with Gasteiger partial charge in [-0.1, -0.05) is 162 Å². The van der Waals surface area contributed by atoms with E-state index in [1.807, 2.05) is 12.1 Å². The van der Waals surface area contributed by atoms with Crippen molar-refractivity contribution < 1.29 is 10.0 Å². The highest BCUT2D eigenvalue weighted by Crippen LogP contribution is 2.41. The fourth-order valence-electron chi connectivity index (χ4n) is 12.3. The van der Waals surface area contributed by atoms with Gasteiger partial charge in [0.15, 0.2) is 0 Å². The standard InChI is InChI=1S/C36H25BN2O2.C36H23BrN2/c40-37(41)26-16-18-28(19-17-26)39-34-13-7-5-11-30(34)32-23-25(15-21-36(32)39)24-14-20-35-31(22-24)29-10-4-6-12-33(29)38(35)27-8-2-1-3-9-27;37-26-16-18-28(19-17-26)39-34-13-7-5-11-30(34)32-23-25(15-21-36(32)39)24-14-20-35-31(22-24)29-10-4-6-12-33(29)38(35)27-8-2-1-3-9-27/h1-23,40-41H;1-23H. The second-order valence-electron chi connectivity index (χ2n) is 20.5. The summed E-state index contributed by atoms with van der Waals surface area (Å²) in [5, 5.41) is 29.0. The molecule has 0 radical (unpaired) electrons. The average molecular weight is 1090 g/mol. The Morgan fingerprint density at radius 1 is 0.237 bits per heavy atom. The van der Waals surface area contributed by atoms with Crippen LogP contribution in [0.2, 0.25) is 0 Å². The molecule has 16 aromatic rings. The molecule has 378 valence electrons. The molecule has 2 N–H and O–H groups in total. The van der Waals surface area contributed by atoms with Crippen LogP contribution in [0.15, 0.2) is 284 Å². The molecule has 0 aliphatic rings. The van der Waals surface area contributed by atoms with Crippen LogP contribution in [-0.4, -0.2) is 35.4 Å². The molecule has 16 rings (SSSR count). The third kappa shape index (κ3) is 7.87. The van der Waals surface area contributed by atoms with Crippen LogP contribution in [0.5, 0.6) is 0 Å². The van der Waals surface area contributed by atoms with Gasteiger partial charge in [-0.15, -0.1) is 0 Å². The minimum atomic E-state index is -1.48. The van der Waals surface area contributed by atoms with Gasteiger partial charge in [-0.2, -0.15) is 0 Å². The van der Waals surface area contributed by atoms with E-state index in [1.165, 1.54) is 98.6 Å². The van der Waals surface area contributed by atoms with Gasteiger partial charge < -0.3 is 28.3 Å². The predicted octanol–water partition coefficient (Wildman–Crippen LogP) is 17.5. The van der Waals surface area contributed by atoms with Crippen molar-refractivity contribution in [3.8, 4) is 45.0 Å². The molecule has 0 fully saturated rings. The molecule has 0 saturated carbocycles. The molecule has 0 amide bonds. The molecule has 0 spiro atoms. The van der Waals surface area contributed by atoms with Crippen LogP contribution in [0, 0.1) is 0 Å². The lowest BCUT2D eigenvalue weighted by Crippen LogP contribution is -2.29. The molecule has 8 heteroatoms. The number of halogens is 1. The Kier molecular flexibility index (Phi) is 11.5. The van der Waals surface area contributed by atoms with Gasteiger partial charge >= 0.3 is 7.12 Å². The first-order chi connectivity index (χ1) is 39.4. The van der Waals surface area contributed by atoms with Crippen LogP contribution >= 0.6 is 15.9 Å². The van der Waals surface area contributed by atoms with Gasteiger partial charge in [0.25, 0.3) is 0 Å². The van der Waals surface area contributed by atoms with Crippen molar-refractivity contribution in [1.82, 2.24) is 18.3 Å². The van der Waals surface area contributed by atoms with E-state index >= 15 is 0 Å². The summed E-state index contributed by atoms with van der Waals surface area (Å²) in [6.45, 7) is 0. The van der Waals surface area contributed by atoms with Crippen LogP contribution in [0.3, 0.4) is 0 Å². The number of hydrogen-bond acceptors (Lipinski definition) is 2. The quantitative estimate of drug-likeness (QED) is 0.156. The first kappa shape index (κ1) is 47.5. The molecular weight excluding hydrogens is 1040 g/mol. The molecule has 0 unspecified atom stereocenters. The molecule has 0 saturated heterocycles. The van der Waals surface area contributed by atoms with Gasteiger partial charge in [-0.25, -0.2) is 0 Å². The van der Waals surface area contributed by atoms with Gasteiger partial charge in [0.2, 0.25) is 0 Å². The van der Waals surface area contributed by atoms with Crippen molar-refractivity contribution in [2.75, 3.05) is 0 Å². The maximum Gasteiger partial charge on any atom is 0.488 e. The topological polar surface area (TPSA) is 60.2 Å². The van der Waals surface area contributed by atoms with Gasteiger partial charge in [0.05, 0.1) is 44.1 Å². The Morgan fingerprint density at radius 2 is 0.487 bits per heavy atom. The van der Waals surface area contributed by atoms with Crippen molar-refractivity contribution in [3.05, 3.63) is 284 Å².